The zero-order valence-corrected chi connectivity index (χ0v) is 15.1. The lowest BCUT2D eigenvalue weighted by Gasteiger charge is -2.30. The van der Waals surface area contributed by atoms with Crippen LogP contribution < -0.4 is 11.1 Å². The summed E-state index contributed by atoms with van der Waals surface area (Å²) >= 11 is 0. The minimum absolute atomic E-state index is 0. The van der Waals surface area contributed by atoms with E-state index in [9.17, 15) is 0 Å². The summed E-state index contributed by atoms with van der Waals surface area (Å²) in [6.07, 6.45) is 3.75. The summed E-state index contributed by atoms with van der Waals surface area (Å²) in [4.78, 5) is 6.94. The van der Waals surface area contributed by atoms with Gasteiger partial charge < -0.3 is 16.0 Å². The van der Waals surface area contributed by atoms with Crippen molar-refractivity contribution in [2.24, 2.45) is 16.6 Å². The average Bonchev–Trinajstić information content (AvgIpc) is 2.49. The Balaban J connectivity index is 0.00000220. The minimum atomic E-state index is 0. The van der Waals surface area contributed by atoms with Crippen molar-refractivity contribution in [1.82, 2.24) is 4.90 Å². The number of aliphatic imine (C=N–C) groups is 1. The van der Waals surface area contributed by atoms with Crippen molar-refractivity contribution >= 4 is 35.6 Å². The highest BCUT2D eigenvalue weighted by molar-refractivity contribution is 14.0. The van der Waals surface area contributed by atoms with Crippen LogP contribution in [0.2, 0.25) is 0 Å². The van der Waals surface area contributed by atoms with Crippen LogP contribution in [0.3, 0.4) is 0 Å². The van der Waals surface area contributed by atoms with E-state index in [1.165, 1.54) is 32.5 Å². The molecule has 0 aliphatic carbocycles. The van der Waals surface area contributed by atoms with Crippen molar-refractivity contribution in [3.8, 4) is 0 Å². The summed E-state index contributed by atoms with van der Waals surface area (Å²) in [7, 11) is 0. The third-order valence-electron chi connectivity index (χ3n) is 4.02. The van der Waals surface area contributed by atoms with Gasteiger partial charge in [-0.2, -0.15) is 0 Å². The van der Waals surface area contributed by atoms with E-state index in [2.05, 4.69) is 22.1 Å². The van der Waals surface area contributed by atoms with Gasteiger partial charge in [0.05, 0.1) is 0 Å². The number of anilines is 1. The molecule has 0 atom stereocenters. The summed E-state index contributed by atoms with van der Waals surface area (Å²) in [5.41, 5.74) is 6.89. The Morgan fingerprint density at radius 2 is 1.95 bits per heavy atom. The molecule has 0 saturated carbocycles. The van der Waals surface area contributed by atoms with Crippen LogP contribution in [0.1, 0.15) is 26.2 Å². The van der Waals surface area contributed by atoms with Crippen molar-refractivity contribution in [3.05, 3.63) is 30.3 Å². The van der Waals surface area contributed by atoms with Gasteiger partial charge in [0.25, 0.3) is 0 Å². The summed E-state index contributed by atoms with van der Waals surface area (Å²) in [6, 6.07) is 9.93. The molecule has 0 bridgehead atoms. The monoisotopic (exact) mass is 402 g/mol. The topological polar surface area (TPSA) is 53.6 Å². The Bertz CT molecular complexity index is 414. The minimum Gasteiger partial charge on any atom is -0.370 e. The van der Waals surface area contributed by atoms with Gasteiger partial charge in [0.1, 0.15) is 0 Å². The van der Waals surface area contributed by atoms with Gasteiger partial charge in [0.2, 0.25) is 0 Å². The predicted molar refractivity (Wildman–Crippen MR) is 101 cm³/mol. The smallest absolute Gasteiger partial charge is 0.193 e. The number of rotatable bonds is 5. The maximum atomic E-state index is 5.90. The molecule has 1 aliphatic heterocycles. The first-order chi connectivity index (χ1) is 9.78. The molecule has 1 saturated heterocycles. The van der Waals surface area contributed by atoms with E-state index in [0.717, 1.165) is 24.6 Å². The Kier molecular flexibility index (Phi) is 8.68. The maximum Gasteiger partial charge on any atom is 0.193 e. The first kappa shape index (κ1) is 18.2. The third-order valence-corrected chi connectivity index (χ3v) is 4.02. The Labute approximate surface area is 145 Å². The number of guanidine groups is 1. The molecule has 1 aliphatic rings. The summed E-state index contributed by atoms with van der Waals surface area (Å²) < 4.78 is 0. The number of piperidine rings is 1. The molecule has 0 spiro atoms. The Morgan fingerprint density at radius 3 is 2.57 bits per heavy atom. The lowest BCUT2D eigenvalue weighted by Crippen LogP contribution is -2.33. The summed E-state index contributed by atoms with van der Waals surface area (Å²) in [5, 5.41) is 3.12. The standard InChI is InChI=1S/C16H26N4.HI/c1-2-20-12-9-14(10-13-20)8-11-18-16(17)19-15-6-4-3-5-7-15;/h3-7,14H,2,8-13H2,1H3,(H3,17,18,19);1H. The molecule has 2 rings (SSSR count). The van der Waals surface area contributed by atoms with Gasteiger partial charge in [0, 0.05) is 12.2 Å². The second-order valence-electron chi connectivity index (χ2n) is 5.42. The summed E-state index contributed by atoms with van der Waals surface area (Å²) in [5.74, 6) is 1.33. The van der Waals surface area contributed by atoms with Crippen LogP contribution in [0.4, 0.5) is 5.69 Å². The van der Waals surface area contributed by atoms with Crippen LogP contribution in [0, 0.1) is 5.92 Å². The molecule has 21 heavy (non-hydrogen) atoms. The van der Waals surface area contributed by atoms with Gasteiger partial charge in [-0.05, 0) is 56.9 Å². The maximum absolute atomic E-state index is 5.90. The Morgan fingerprint density at radius 1 is 1.29 bits per heavy atom. The van der Waals surface area contributed by atoms with Gasteiger partial charge in [-0.1, -0.05) is 25.1 Å². The molecule has 1 aromatic rings. The normalized spacial score (nSPS) is 17.3. The van der Waals surface area contributed by atoms with E-state index in [4.69, 9.17) is 5.73 Å². The van der Waals surface area contributed by atoms with E-state index < -0.39 is 0 Å². The van der Waals surface area contributed by atoms with Crippen LogP contribution in [-0.4, -0.2) is 37.0 Å². The number of nitrogens with zero attached hydrogens (tertiary/aromatic N) is 2. The van der Waals surface area contributed by atoms with Gasteiger partial charge in [-0.3, -0.25) is 4.99 Å². The quantitative estimate of drug-likeness (QED) is 0.452. The molecule has 1 fully saturated rings. The number of halogens is 1. The van der Waals surface area contributed by atoms with Crippen LogP contribution in [0.5, 0.6) is 0 Å². The largest absolute Gasteiger partial charge is 0.370 e. The average molecular weight is 402 g/mol. The van der Waals surface area contributed by atoms with Crippen molar-refractivity contribution < 1.29 is 0 Å². The molecule has 1 heterocycles. The number of hydrogen-bond donors (Lipinski definition) is 2. The molecule has 3 N–H and O–H groups in total. The van der Waals surface area contributed by atoms with E-state index >= 15 is 0 Å². The van der Waals surface area contributed by atoms with Crippen LogP contribution in [0.25, 0.3) is 0 Å². The fourth-order valence-corrected chi connectivity index (χ4v) is 2.67. The lowest BCUT2D eigenvalue weighted by atomic mass is 9.94. The van der Waals surface area contributed by atoms with E-state index in [1.54, 1.807) is 0 Å². The van der Waals surface area contributed by atoms with Gasteiger partial charge in [-0.15, -0.1) is 24.0 Å². The van der Waals surface area contributed by atoms with E-state index in [0.29, 0.717) is 5.96 Å². The highest BCUT2D eigenvalue weighted by Crippen LogP contribution is 2.20. The molecule has 1 aromatic carbocycles. The van der Waals surface area contributed by atoms with Crippen LogP contribution in [-0.2, 0) is 0 Å². The lowest BCUT2D eigenvalue weighted by molar-refractivity contribution is 0.188. The van der Waals surface area contributed by atoms with Crippen molar-refractivity contribution in [2.45, 2.75) is 26.2 Å². The number of nitrogens with two attached hydrogens (primary N) is 1. The molecule has 0 aromatic heterocycles. The van der Waals surface area contributed by atoms with Crippen LogP contribution >= 0.6 is 24.0 Å². The van der Waals surface area contributed by atoms with E-state index in [-0.39, 0.29) is 24.0 Å². The van der Waals surface area contributed by atoms with Gasteiger partial charge in [0.15, 0.2) is 5.96 Å². The van der Waals surface area contributed by atoms with Crippen LogP contribution in [0.15, 0.2) is 35.3 Å². The second kappa shape index (κ2) is 10.00. The fourth-order valence-electron chi connectivity index (χ4n) is 2.67. The first-order valence-corrected chi connectivity index (χ1v) is 7.62. The van der Waals surface area contributed by atoms with Gasteiger partial charge in [-0.25, -0.2) is 0 Å². The second-order valence-corrected chi connectivity index (χ2v) is 5.42. The number of para-hydroxylation sites is 1. The SMILES string of the molecule is CCN1CCC(CCN=C(N)Nc2ccccc2)CC1.I. The molecule has 0 unspecified atom stereocenters. The molecular weight excluding hydrogens is 375 g/mol. The molecule has 0 amide bonds. The summed E-state index contributed by atoms with van der Waals surface area (Å²) in [6.45, 7) is 6.72. The molecule has 118 valence electrons. The fraction of sp³-hybridized carbons (Fsp3) is 0.562. The number of nitrogens with one attached hydrogen (secondary N) is 1. The highest BCUT2D eigenvalue weighted by Gasteiger charge is 2.17. The van der Waals surface area contributed by atoms with E-state index in [1.807, 2.05) is 30.3 Å². The van der Waals surface area contributed by atoms with Crippen molar-refractivity contribution in [2.75, 3.05) is 31.5 Å². The third kappa shape index (κ3) is 6.65. The molecule has 0 radical (unpaired) electrons. The number of likely N-dealkylation sites (tertiary alicyclic amines) is 1. The number of benzene rings is 1. The van der Waals surface area contributed by atoms with Gasteiger partial charge >= 0.3 is 0 Å². The zero-order valence-electron chi connectivity index (χ0n) is 12.8. The number of hydrogen-bond acceptors (Lipinski definition) is 2. The Hall–Kier alpha value is -0.820. The molecular formula is C16H27IN4. The predicted octanol–water partition coefficient (Wildman–Crippen LogP) is 3.15. The zero-order chi connectivity index (χ0) is 14.2. The molecule has 5 heteroatoms. The van der Waals surface area contributed by atoms with Crippen molar-refractivity contribution in [3.63, 3.8) is 0 Å². The molecule has 4 nitrogen and oxygen atoms in total. The first-order valence-electron chi connectivity index (χ1n) is 7.62. The highest BCUT2D eigenvalue weighted by atomic mass is 127. The van der Waals surface area contributed by atoms with Crippen molar-refractivity contribution in [1.29, 1.82) is 0 Å².